The molecule has 134 valence electrons. The molecular weight excluding hydrogens is 342 g/mol. The number of ether oxygens (including phenoxy) is 1. The lowest BCUT2D eigenvalue weighted by molar-refractivity contribution is 0.102. The van der Waals surface area contributed by atoms with Crippen molar-refractivity contribution in [1.29, 1.82) is 0 Å². The van der Waals surface area contributed by atoms with Gasteiger partial charge in [-0.05, 0) is 49.2 Å². The summed E-state index contributed by atoms with van der Waals surface area (Å²) in [6.45, 7) is 4.00. The van der Waals surface area contributed by atoms with Gasteiger partial charge in [0.25, 0.3) is 5.91 Å². The van der Waals surface area contributed by atoms with E-state index in [0.29, 0.717) is 28.5 Å². The molecule has 4 aromatic rings. The summed E-state index contributed by atoms with van der Waals surface area (Å²) in [5, 5.41) is 6.98. The number of hydrogen-bond donors (Lipinski definition) is 1. The first-order valence-electron chi connectivity index (χ1n) is 8.42. The Labute approximate surface area is 155 Å². The summed E-state index contributed by atoms with van der Waals surface area (Å²) in [5.41, 5.74) is 3.46. The van der Waals surface area contributed by atoms with Crippen LogP contribution in [0, 0.1) is 13.8 Å². The standard InChI is InChI=1S/C20H17N5O2/c1-13-6-3-8-17(14(13)2)27-20-16(7-4-9-22-20)24-19(26)15-12-23-25-11-5-10-21-18(15)25/h3-12H,1-2H3,(H,24,26). The fourth-order valence-corrected chi connectivity index (χ4v) is 2.68. The Morgan fingerprint density at radius 3 is 2.81 bits per heavy atom. The molecule has 0 unspecified atom stereocenters. The SMILES string of the molecule is Cc1cccc(Oc2ncccc2NC(=O)c2cnn3cccnc23)c1C. The zero-order valence-corrected chi connectivity index (χ0v) is 14.9. The monoisotopic (exact) mass is 359 g/mol. The fraction of sp³-hybridized carbons (Fsp3) is 0.100. The van der Waals surface area contributed by atoms with Crippen molar-refractivity contribution in [2.45, 2.75) is 13.8 Å². The van der Waals surface area contributed by atoms with Crippen molar-refractivity contribution < 1.29 is 9.53 Å². The minimum atomic E-state index is -0.331. The second-order valence-electron chi connectivity index (χ2n) is 6.06. The van der Waals surface area contributed by atoms with E-state index in [2.05, 4.69) is 20.4 Å². The van der Waals surface area contributed by atoms with Crippen LogP contribution in [0.1, 0.15) is 21.5 Å². The summed E-state index contributed by atoms with van der Waals surface area (Å²) < 4.78 is 7.51. The quantitative estimate of drug-likeness (QED) is 0.600. The van der Waals surface area contributed by atoms with E-state index in [4.69, 9.17) is 4.74 Å². The fourth-order valence-electron chi connectivity index (χ4n) is 2.68. The highest BCUT2D eigenvalue weighted by atomic mass is 16.5. The van der Waals surface area contributed by atoms with Crippen LogP contribution in [0.25, 0.3) is 5.65 Å². The zero-order chi connectivity index (χ0) is 18.8. The predicted molar refractivity (Wildman–Crippen MR) is 101 cm³/mol. The third-order valence-electron chi connectivity index (χ3n) is 4.30. The number of carbonyl (C=O) groups excluding carboxylic acids is 1. The molecule has 0 aliphatic rings. The van der Waals surface area contributed by atoms with Gasteiger partial charge in [-0.25, -0.2) is 14.5 Å². The maximum Gasteiger partial charge on any atom is 0.261 e. The van der Waals surface area contributed by atoms with E-state index >= 15 is 0 Å². The molecule has 1 amide bonds. The predicted octanol–water partition coefficient (Wildman–Crippen LogP) is 3.79. The number of carbonyl (C=O) groups is 1. The first-order chi connectivity index (χ1) is 13.1. The van der Waals surface area contributed by atoms with E-state index in [9.17, 15) is 4.79 Å². The van der Waals surface area contributed by atoms with Crippen LogP contribution in [0.5, 0.6) is 11.6 Å². The van der Waals surface area contributed by atoms with Crippen LogP contribution in [-0.2, 0) is 0 Å². The Balaban J connectivity index is 1.63. The molecule has 0 aliphatic carbocycles. The molecule has 4 rings (SSSR count). The average molecular weight is 359 g/mol. The number of anilines is 1. The van der Waals surface area contributed by atoms with Crippen LogP contribution < -0.4 is 10.1 Å². The Kier molecular flexibility index (Phi) is 4.25. The number of nitrogens with zero attached hydrogens (tertiary/aromatic N) is 4. The smallest absolute Gasteiger partial charge is 0.261 e. The van der Waals surface area contributed by atoms with Crippen molar-refractivity contribution in [2.24, 2.45) is 0 Å². The van der Waals surface area contributed by atoms with Gasteiger partial charge in [0.15, 0.2) is 5.65 Å². The molecule has 0 fully saturated rings. The van der Waals surface area contributed by atoms with Crippen molar-refractivity contribution in [2.75, 3.05) is 5.32 Å². The first kappa shape index (κ1) is 16.7. The molecule has 0 saturated heterocycles. The van der Waals surface area contributed by atoms with Gasteiger partial charge in [-0.2, -0.15) is 5.10 Å². The summed E-state index contributed by atoms with van der Waals surface area (Å²) >= 11 is 0. The van der Waals surface area contributed by atoms with E-state index < -0.39 is 0 Å². The molecule has 0 saturated carbocycles. The number of benzene rings is 1. The van der Waals surface area contributed by atoms with Crippen molar-refractivity contribution in [3.63, 3.8) is 0 Å². The van der Waals surface area contributed by atoms with Gasteiger partial charge in [0.1, 0.15) is 17.0 Å². The van der Waals surface area contributed by atoms with E-state index in [1.807, 2.05) is 32.0 Å². The number of amides is 1. The Morgan fingerprint density at radius 1 is 1.07 bits per heavy atom. The number of pyridine rings is 1. The normalized spacial score (nSPS) is 10.7. The highest BCUT2D eigenvalue weighted by Crippen LogP contribution is 2.30. The summed E-state index contributed by atoms with van der Waals surface area (Å²) in [4.78, 5) is 21.2. The number of hydrogen-bond acceptors (Lipinski definition) is 5. The third-order valence-corrected chi connectivity index (χ3v) is 4.30. The van der Waals surface area contributed by atoms with Crippen molar-refractivity contribution in [3.8, 4) is 11.6 Å². The highest BCUT2D eigenvalue weighted by Gasteiger charge is 2.17. The summed E-state index contributed by atoms with van der Waals surface area (Å²) in [5.74, 6) is 0.688. The number of aryl methyl sites for hydroxylation is 1. The van der Waals surface area contributed by atoms with Crippen LogP contribution in [0.4, 0.5) is 5.69 Å². The van der Waals surface area contributed by atoms with Gasteiger partial charge in [0.2, 0.25) is 5.88 Å². The molecule has 7 nitrogen and oxygen atoms in total. The molecule has 1 aromatic carbocycles. The second kappa shape index (κ2) is 6.87. The Bertz CT molecular complexity index is 1140. The van der Waals surface area contributed by atoms with Gasteiger partial charge < -0.3 is 10.1 Å². The maximum absolute atomic E-state index is 12.7. The zero-order valence-electron chi connectivity index (χ0n) is 14.9. The summed E-state index contributed by atoms with van der Waals surface area (Å²) in [7, 11) is 0. The number of aromatic nitrogens is 4. The largest absolute Gasteiger partial charge is 0.437 e. The molecule has 0 radical (unpaired) electrons. The minimum absolute atomic E-state index is 0.323. The van der Waals surface area contributed by atoms with Gasteiger partial charge in [0, 0.05) is 18.6 Å². The second-order valence-corrected chi connectivity index (χ2v) is 6.06. The Morgan fingerprint density at radius 2 is 1.93 bits per heavy atom. The van der Waals surface area contributed by atoms with Crippen molar-refractivity contribution in [3.05, 3.63) is 77.9 Å². The van der Waals surface area contributed by atoms with Crippen molar-refractivity contribution >= 4 is 17.2 Å². The molecule has 27 heavy (non-hydrogen) atoms. The molecule has 7 heteroatoms. The molecule has 3 heterocycles. The van der Waals surface area contributed by atoms with Gasteiger partial charge in [-0.15, -0.1) is 0 Å². The van der Waals surface area contributed by atoms with Crippen molar-refractivity contribution in [1.82, 2.24) is 19.6 Å². The molecule has 0 bridgehead atoms. The molecule has 1 N–H and O–H groups in total. The third kappa shape index (κ3) is 3.22. The Hall–Kier alpha value is -3.74. The number of nitrogens with one attached hydrogen (secondary N) is 1. The molecule has 0 spiro atoms. The van der Waals surface area contributed by atoms with Gasteiger partial charge in [-0.3, -0.25) is 4.79 Å². The number of fused-ring (bicyclic) bond motifs is 1. The van der Waals surface area contributed by atoms with Gasteiger partial charge in [0.05, 0.1) is 6.20 Å². The van der Waals surface area contributed by atoms with Crippen LogP contribution in [0.3, 0.4) is 0 Å². The van der Waals surface area contributed by atoms with E-state index in [1.54, 1.807) is 41.3 Å². The van der Waals surface area contributed by atoms with Gasteiger partial charge >= 0.3 is 0 Å². The lowest BCUT2D eigenvalue weighted by Crippen LogP contribution is -2.13. The lowest BCUT2D eigenvalue weighted by Gasteiger charge is -2.13. The topological polar surface area (TPSA) is 81.4 Å². The summed E-state index contributed by atoms with van der Waals surface area (Å²) in [6, 6.07) is 11.0. The van der Waals surface area contributed by atoms with E-state index in [1.165, 1.54) is 6.20 Å². The van der Waals surface area contributed by atoms with E-state index in [0.717, 1.165) is 11.1 Å². The maximum atomic E-state index is 12.7. The molecule has 0 atom stereocenters. The number of rotatable bonds is 4. The molecule has 3 aromatic heterocycles. The van der Waals surface area contributed by atoms with Crippen LogP contribution >= 0.6 is 0 Å². The van der Waals surface area contributed by atoms with E-state index in [-0.39, 0.29) is 5.91 Å². The van der Waals surface area contributed by atoms with Crippen LogP contribution in [0.15, 0.2) is 61.2 Å². The first-order valence-corrected chi connectivity index (χ1v) is 8.42. The van der Waals surface area contributed by atoms with Gasteiger partial charge in [-0.1, -0.05) is 12.1 Å². The molecular formula is C20H17N5O2. The minimum Gasteiger partial charge on any atom is -0.437 e. The molecule has 0 aliphatic heterocycles. The highest BCUT2D eigenvalue weighted by molar-refractivity contribution is 6.08. The van der Waals surface area contributed by atoms with Crippen LogP contribution in [-0.4, -0.2) is 25.5 Å². The lowest BCUT2D eigenvalue weighted by atomic mass is 10.1. The average Bonchev–Trinajstić information content (AvgIpc) is 3.11. The summed E-state index contributed by atoms with van der Waals surface area (Å²) in [6.07, 6.45) is 6.46. The van der Waals surface area contributed by atoms with Crippen LogP contribution in [0.2, 0.25) is 0 Å².